The zero-order chi connectivity index (χ0) is 22.7. The number of para-hydroxylation sites is 1. The van der Waals surface area contributed by atoms with E-state index >= 15 is 0 Å². The Balaban J connectivity index is 1.90. The van der Waals surface area contributed by atoms with Crippen LogP contribution in [0, 0.1) is 0 Å². The van der Waals surface area contributed by atoms with Crippen molar-refractivity contribution in [2.75, 3.05) is 24.4 Å². The van der Waals surface area contributed by atoms with Crippen molar-refractivity contribution in [1.29, 1.82) is 0 Å². The van der Waals surface area contributed by atoms with E-state index in [4.69, 9.17) is 14.2 Å². The largest absolute Gasteiger partial charge is 0.493 e. The van der Waals surface area contributed by atoms with Crippen LogP contribution in [0.5, 0.6) is 17.4 Å². The second-order valence-electron chi connectivity index (χ2n) is 6.90. The Bertz CT molecular complexity index is 1140. The van der Waals surface area contributed by atoms with E-state index in [9.17, 15) is 4.79 Å². The molecule has 2 heterocycles. The highest BCUT2D eigenvalue weighted by atomic mass is 32.2. The maximum atomic E-state index is 12.9. The molecule has 9 heteroatoms. The molecule has 1 aromatic heterocycles. The van der Waals surface area contributed by atoms with Gasteiger partial charge in [-0.3, -0.25) is 9.69 Å². The number of carbonyl (C=O) groups excluding carboxylic acids is 1. The van der Waals surface area contributed by atoms with E-state index in [0.29, 0.717) is 46.1 Å². The third-order valence-electron chi connectivity index (χ3n) is 4.90. The number of hydrogen-bond acceptors (Lipinski definition) is 8. The number of nitrogens with zero attached hydrogens (tertiary/aromatic N) is 4. The van der Waals surface area contributed by atoms with E-state index in [1.54, 1.807) is 12.0 Å². The highest BCUT2D eigenvalue weighted by molar-refractivity contribution is 7.99. The molecule has 0 spiro atoms. The van der Waals surface area contributed by atoms with E-state index in [0.717, 1.165) is 11.3 Å². The summed E-state index contributed by atoms with van der Waals surface area (Å²) >= 11 is 1.47. The van der Waals surface area contributed by atoms with Crippen LogP contribution in [0.15, 0.2) is 47.6 Å². The molecule has 0 fully saturated rings. The Morgan fingerprint density at radius 2 is 1.97 bits per heavy atom. The molecule has 0 aliphatic carbocycles. The Morgan fingerprint density at radius 1 is 1.16 bits per heavy atom. The van der Waals surface area contributed by atoms with Crippen molar-refractivity contribution < 1.29 is 19.0 Å². The SMILES string of the molecule is CCOc1ccc([C@H]2Oc3nc(SCC)nnc3-c3ccccc3N2C(C)=O)cc1OC. The fraction of sp³-hybridized carbons (Fsp3) is 0.304. The summed E-state index contributed by atoms with van der Waals surface area (Å²) in [5, 5.41) is 9.14. The number of carbonyl (C=O) groups is 1. The van der Waals surface area contributed by atoms with Crippen molar-refractivity contribution in [2.45, 2.75) is 32.2 Å². The first-order chi connectivity index (χ1) is 15.6. The van der Waals surface area contributed by atoms with Crippen LogP contribution in [0.1, 0.15) is 32.6 Å². The van der Waals surface area contributed by atoms with Gasteiger partial charge in [-0.05, 0) is 36.9 Å². The molecule has 166 valence electrons. The lowest BCUT2D eigenvalue weighted by molar-refractivity contribution is -0.118. The minimum Gasteiger partial charge on any atom is -0.493 e. The van der Waals surface area contributed by atoms with Gasteiger partial charge in [-0.1, -0.05) is 36.9 Å². The average Bonchev–Trinajstić information content (AvgIpc) is 2.94. The molecular weight excluding hydrogens is 428 g/mol. The molecule has 1 aliphatic rings. The first-order valence-corrected chi connectivity index (χ1v) is 11.3. The minimum atomic E-state index is -0.782. The zero-order valence-electron chi connectivity index (χ0n) is 18.4. The predicted octanol–water partition coefficient (Wildman–Crippen LogP) is 4.50. The molecular formula is C23H24N4O4S. The number of aromatic nitrogens is 3. The van der Waals surface area contributed by atoms with Crippen LogP contribution < -0.4 is 19.1 Å². The van der Waals surface area contributed by atoms with Crippen LogP contribution in [0.4, 0.5) is 5.69 Å². The van der Waals surface area contributed by atoms with Crippen LogP contribution in [0.25, 0.3) is 11.3 Å². The highest BCUT2D eigenvalue weighted by Gasteiger charge is 2.35. The van der Waals surface area contributed by atoms with Crippen LogP contribution in [0.2, 0.25) is 0 Å². The second kappa shape index (κ2) is 9.44. The van der Waals surface area contributed by atoms with Crippen LogP contribution in [-0.4, -0.2) is 40.6 Å². The molecule has 0 bridgehead atoms. The zero-order valence-corrected chi connectivity index (χ0v) is 19.2. The van der Waals surface area contributed by atoms with Gasteiger partial charge in [-0.2, -0.15) is 4.98 Å². The predicted molar refractivity (Wildman–Crippen MR) is 122 cm³/mol. The number of benzene rings is 2. The summed E-state index contributed by atoms with van der Waals surface area (Å²) in [4.78, 5) is 19.1. The molecule has 0 radical (unpaired) electrons. The summed E-state index contributed by atoms with van der Waals surface area (Å²) in [6.07, 6.45) is -0.782. The van der Waals surface area contributed by atoms with Crippen LogP contribution in [0.3, 0.4) is 0 Å². The van der Waals surface area contributed by atoms with Gasteiger partial charge in [-0.15, -0.1) is 10.2 Å². The topological polar surface area (TPSA) is 86.7 Å². The fourth-order valence-electron chi connectivity index (χ4n) is 3.57. The number of thioether (sulfide) groups is 1. The maximum absolute atomic E-state index is 12.9. The van der Waals surface area contributed by atoms with Gasteiger partial charge in [0.2, 0.25) is 23.2 Å². The summed E-state index contributed by atoms with van der Waals surface area (Å²) in [6, 6.07) is 13.0. The van der Waals surface area contributed by atoms with Crippen molar-refractivity contribution in [3.63, 3.8) is 0 Å². The maximum Gasteiger partial charge on any atom is 0.247 e. The van der Waals surface area contributed by atoms with Gasteiger partial charge in [0.05, 0.1) is 19.4 Å². The summed E-state index contributed by atoms with van der Waals surface area (Å²) in [5.41, 5.74) is 2.61. The molecule has 1 aliphatic heterocycles. The van der Waals surface area contributed by atoms with Crippen molar-refractivity contribution in [2.24, 2.45) is 0 Å². The molecule has 0 unspecified atom stereocenters. The Hall–Kier alpha value is -3.33. The smallest absolute Gasteiger partial charge is 0.247 e. The highest BCUT2D eigenvalue weighted by Crippen LogP contribution is 2.44. The molecule has 2 aromatic carbocycles. The molecule has 32 heavy (non-hydrogen) atoms. The summed E-state index contributed by atoms with van der Waals surface area (Å²) < 4.78 is 17.5. The number of fused-ring (bicyclic) bond motifs is 3. The van der Waals surface area contributed by atoms with Crippen molar-refractivity contribution in [1.82, 2.24) is 15.2 Å². The van der Waals surface area contributed by atoms with E-state index < -0.39 is 6.23 Å². The second-order valence-corrected chi connectivity index (χ2v) is 8.13. The lowest BCUT2D eigenvalue weighted by Gasteiger charge is -2.30. The third kappa shape index (κ3) is 4.08. The lowest BCUT2D eigenvalue weighted by Crippen LogP contribution is -2.36. The molecule has 0 saturated heterocycles. The third-order valence-corrected chi connectivity index (χ3v) is 5.62. The van der Waals surface area contributed by atoms with Crippen LogP contribution >= 0.6 is 11.8 Å². The molecule has 0 N–H and O–H groups in total. The number of anilines is 1. The monoisotopic (exact) mass is 452 g/mol. The van der Waals surface area contributed by atoms with Gasteiger partial charge in [0.1, 0.15) is 0 Å². The van der Waals surface area contributed by atoms with Gasteiger partial charge >= 0.3 is 0 Å². The molecule has 1 amide bonds. The van der Waals surface area contributed by atoms with Gasteiger partial charge in [0.15, 0.2) is 17.2 Å². The number of methoxy groups -OCH3 is 1. The summed E-state index contributed by atoms with van der Waals surface area (Å²) in [5.74, 6) is 2.12. The van der Waals surface area contributed by atoms with E-state index in [-0.39, 0.29) is 5.91 Å². The fourth-order valence-corrected chi connectivity index (χ4v) is 4.08. The number of hydrogen-bond donors (Lipinski definition) is 0. The van der Waals surface area contributed by atoms with Crippen LogP contribution in [-0.2, 0) is 4.79 Å². The van der Waals surface area contributed by atoms with Crippen molar-refractivity contribution in [3.8, 4) is 28.6 Å². The van der Waals surface area contributed by atoms with Gasteiger partial charge < -0.3 is 14.2 Å². The van der Waals surface area contributed by atoms with Crippen molar-refractivity contribution in [3.05, 3.63) is 48.0 Å². The van der Waals surface area contributed by atoms with Gasteiger partial charge in [-0.25, -0.2) is 0 Å². The molecule has 0 saturated carbocycles. The Morgan fingerprint density at radius 3 is 2.69 bits per heavy atom. The minimum absolute atomic E-state index is 0.181. The van der Waals surface area contributed by atoms with E-state index in [1.807, 2.05) is 56.3 Å². The quantitative estimate of drug-likeness (QED) is 0.505. The van der Waals surface area contributed by atoms with E-state index in [2.05, 4.69) is 15.2 Å². The van der Waals surface area contributed by atoms with Crippen molar-refractivity contribution >= 4 is 23.4 Å². The summed E-state index contributed by atoms with van der Waals surface area (Å²) in [6.45, 7) is 5.94. The molecule has 8 nitrogen and oxygen atoms in total. The molecule has 1 atom stereocenters. The van der Waals surface area contributed by atoms with Gasteiger partial charge in [0.25, 0.3) is 0 Å². The summed E-state index contributed by atoms with van der Waals surface area (Å²) in [7, 11) is 1.58. The number of rotatable bonds is 6. The standard InChI is InChI=1S/C23H24N4O4S/c1-5-30-18-12-11-15(13-19(18)29-4)22-27(14(3)28)17-10-8-7-9-16(17)20-21(31-22)24-23(26-25-20)32-6-2/h7-13,22H,5-6H2,1-4H3/t22-/m1/s1. The molecule has 3 aromatic rings. The normalized spacial score (nSPS) is 14.6. The number of ether oxygens (including phenoxy) is 3. The Labute approximate surface area is 190 Å². The average molecular weight is 453 g/mol. The molecule has 4 rings (SSSR count). The Kier molecular flexibility index (Phi) is 6.45. The first kappa shape index (κ1) is 21.9. The lowest BCUT2D eigenvalue weighted by atomic mass is 10.1. The number of amides is 1. The first-order valence-electron chi connectivity index (χ1n) is 10.3. The van der Waals surface area contributed by atoms with Gasteiger partial charge in [0, 0.05) is 18.1 Å². The van der Waals surface area contributed by atoms with E-state index in [1.165, 1.54) is 18.7 Å².